The molecule has 0 radical (unpaired) electrons. The van der Waals surface area contributed by atoms with Crippen LogP contribution in [0.15, 0.2) is 12.4 Å². The van der Waals surface area contributed by atoms with Crippen molar-refractivity contribution in [3.63, 3.8) is 0 Å². The molecule has 0 saturated carbocycles. The first-order valence-electron chi connectivity index (χ1n) is 5.44. The van der Waals surface area contributed by atoms with Crippen molar-refractivity contribution in [1.29, 1.82) is 0 Å². The Kier molecular flexibility index (Phi) is 4.78. The predicted molar refractivity (Wildman–Crippen MR) is 62.7 cm³/mol. The maximum Gasteiger partial charge on any atom is 0.122 e. The van der Waals surface area contributed by atoms with E-state index in [1.54, 1.807) is 0 Å². The maximum absolute atomic E-state index is 4.27. The van der Waals surface area contributed by atoms with E-state index in [2.05, 4.69) is 36.2 Å². The second-order valence-electron chi connectivity index (χ2n) is 4.33. The number of nitrogens with one attached hydrogen (secondary N) is 1. The molecule has 1 atom stereocenters. The van der Waals surface area contributed by atoms with Gasteiger partial charge in [-0.1, -0.05) is 0 Å². The van der Waals surface area contributed by atoms with Crippen molar-refractivity contribution in [3.05, 3.63) is 18.2 Å². The molecule has 0 spiro atoms. The summed E-state index contributed by atoms with van der Waals surface area (Å²) in [5.41, 5.74) is 0. The molecule has 0 bridgehead atoms. The highest BCUT2D eigenvalue weighted by molar-refractivity contribution is 4.90. The molecule has 0 aromatic carbocycles. The molecule has 1 heterocycles. The van der Waals surface area contributed by atoms with Crippen LogP contribution in [-0.4, -0.2) is 41.1 Å². The van der Waals surface area contributed by atoms with Crippen LogP contribution in [0.1, 0.15) is 19.2 Å². The molecule has 0 fully saturated rings. The zero-order valence-electron chi connectivity index (χ0n) is 10.2. The molecule has 1 aromatic heterocycles. The van der Waals surface area contributed by atoms with Crippen LogP contribution in [0.25, 0.3) is 0 Å². The van der Waals surface area contributed by atoms with E-state index in [0.29, 0.717) is 6.04 Å². The van der Waals surface area contributed by atoms with Crippen LogP contribution in [0.4, 0.5) is 0 Å². The van der Waals surface area contributed by atoms with E-state index in [0.717, 1.165) is 25.3 Å². The SMILES string of the molecule is CC(CCN(C)C)NCc1nccn1C. The van der Waals surface area contributed by atoms with Gasteiger partial charge in [0.05, 0.1) is 6.54 Å². The van der Waals surface area contributed by atoms with E-state index >= 15 is 0 Å². The minimum Gasteiger partial charge on any atom is -0.337 e. The Balaban J connectivity index is 2.22. The normalized spacial score (nSPS) is 13.4. The van der Waals surface area contributed by atoms with Gasteiger partial charge >= 0.3 is 0 Å². The Morgan fingerprint density at radius 2 is 2.27 bits per heavy atom. The molecular formula is C11H22N4. The average Bonchev–Trinajstić information content (AvgIpc) is 2.58. The van der Waals surface area contributed by atoms with Gasteiger partial charge in [0, 0.05) is 25.5 Å². The third-order valence-electron chi connectivity index (χ3n) is 2.54. The molecule has 4 heteroatoms. The fraction of sp³-hybridized carbons (Fsp3) is 0.727. The number of nitrogens with zero attached hydrogens (tertiary/aromatic N) is 3. The van der Waals surface area contributed by atoms with E-state index in [1.165, 1.54) is 0 Å². The van der Waals surface area contributed by atoms with E-state index in [1.807, 2.05) is 24.0 Å². The lowest BCUT2D eigenvalue weighted by atomic mass is 10.2. The zero-order chi connectivity index (χ0) is 11.3. The Bertz CT molecular complexity index is 280. The van der Waals surface area contributed by atoms with Gasteiger partial charge in [0.15, 0.2) is 0 Å². The molecule has 0 amide bonds. The number of aryl methyl sites for hydroxylation is 1. The van der Waals surface area contributed by atoms with Crippen molar-refractivity contribution in [2.75, 3.05) is 20.6 Å². The van der Waals surface area contributed by atoms with Crippen LogP contribution in [0.5, 0.6) is 0 Å². The van der Waals surface area contributed by atoms with Gasteiger partial charge in [0.25, 0.3) is 0 Å². The molecule has 1 unspecified atom stereocenters. The van der Waals surface area contributed by atoms with Crippen molar-refractivity contribution in [2.45, 2.75) is 25.9 Å². The third-order valence-corrected chi connectivity index (χ3v) is 2.54. The average molecular weight is 210 g/mol. The molecule has 15 heavy (non-hydrogen) atoms. The molecular weight excluding hydrogens is 188 g/mol. The summed E-state index contributed by atoms with van der Waals surface area (Å²) < 4.78 is 2.05. The Morgan fingerprint density at radius 3 is 2.80 bits per heavy atom. The lowest BCUT2D eigenvalue weighted by Gasteiger charge is -2.16. The lowest BCUT2D eigenvalue weighted by Crippen LogP contribution is -2.30. The topological polar surface area (TPSA) is 33.1 Å². The van der Waals surface area contributed by atoms with Gasteiger partial charge in [-0.25, -0.2) is 4.98 Å². The maximum atomic E-state index is 4.27. The summed E-state index contributed by atoms with van der Waals surface area (Å²) in [5.74, 6) is 1.09. The molecule has 0 aliphatic carbocycles. The largest absolute Gasteiger partial charge is 0.337 e. The van der Waals surface area contributed by atoms with E-state index < -0.39 is 0 Å². The molecule has 1 rings (SSSR count). The van der Waals surface area contributed by atoms with Crippen molar-refractivity contribution >= 4 is 0 Å². The van der Waals surface area contributed by atoms with Crippen LogP contribution < -0.4 is 5.32 Å². The third kappa shape index (κ3) is 4.44. The van der Waals surface area contributed by atoms with Crippen LogP contribution >= 0.6 is 0 Å². The van der Waals surface area contributed by atoms with Crippen molar-refractivity contribution < 1.29 is 0 Å². The first-order chi connectivity index (χ1) is 7.09. The molecule has 0 saturated heterocycles. The molecule has 0 aliphatic heterocycles. The fourth-order valence-electron chi connectivity index (χ4n) is 1.39. The smallest absolute Gasteiger partial charge is 0.122 e. The second kappa shape index (κ2) is 5.88. The highest BCUT2D eigenvalue weighted by Crippen LogP contribution is 1.97. The fourth-order valence-corrected chi connectivity index (χ4v) is 1.39. The van der Waals surface area contributed by atoms with Gasteiger partial charge in [-0.05, 0) is 34.0 Å². The number of imidazole rings is 1. The van der Waals surface area contributed by atoms with Crippen molar-refractivity contribution in [3.8, 4) is 0 Å². The first kappa shape index (κ1) is 12.2. The van der Waals surface area contributed by atoms with Crippen LogP contribution in [0.2, 0.25) is 0 Å². The summed E-state index contributed by atoms with van der Waals surface area (Å²) >= 11 is 0. The minimum absolute atomic E-state index is 0.532. The van der Waals surface area contributed by atoms with Crippen LogP contribution in [0.3, 0.4) is 0 Å². The number of rotatable bonds is 6. The van der Waals surface area contributed by atoms with Gasteiger partial charge in [-0.2, -0.15) is 0 Å². The highest BCUT2D eigenvalue weighted by atomic mass is 15.1. The summed E-state index contributed by atoms with van der Waals surface area (Å²) in [6, 6.07) is 0.532. The number of hydrogen-bond acceptors (Lipinski definition) is 3. The standard InChI is InChI=1S/C11H22N4/c1-10(5-7-14(2)3)13-9-11-12-6-8-15(11)4/h6,8,10,13H,5,7,9H2,1-4H3. The van der Waals surface area contributed by atoms with Crippen molar-refractivity contribution in [1.82, 2.24) is 19.8 Å². The summed E-state index contributed by atoms with van der Waals surface area (Å²) in [4.78, 5) is 6.48. The molecule has 0 aliphatic rings. The van der Waals surface area contributed by atoms with Crippen LogP contribution in [0, 0.1) is 0 Å². The van der Waals surface area contributed by atoms with Gasteiger partial charge in [-0.3, -0.25) is 0 Å². The predicted octanol–water partition coefficient (Wildman–Crippen LogP) is 0.850. The Hall–Kier alpha value is -0.870. The quantitative estimate of drug-likeness (QED) is 0.755. The summed E-state index contributed by atoms with van der Waals surface area (Å²) in [6.45, 7) is 4.18. The monoisotopic (exact) mass is 210 g/mol. The molecule has 86 valence electrons. The minimum atomic E-state index is 0.532. The van der Waals surface area contributed by atoms with E-state index in [9.17, 15) is 0 Å². The highest BCUT2D eigenvalue weighted by Gasteiger charge is 2.04. The molecule has 1 aromatic rings. The van der Waals surface area contributed by atoms with E-state index in [-0.39, 0.29) is 0 Å². The second-order valence-corrected chi connectivity index (χ2v) is 4.33. The zero-order valence-corrected chi connectivity index (χ0v) is 10.2. The Labute approximate surface area is 92.3 Å². The van der Waals surface area contributed by atoms with Crippen molar-refractivity contribution in [2.24, 2.45) is 7.05 Å². The summed E-state index contributed by atoms with van der Waals surface area (Å²) in [7, 11) is 6.23. The van der Waals surface area contributed by atoms with E-state index in [4.69, 9.17) is 0 Å². The van der Waals surface area contributed by atoms with Gasteiger partial charge in [-0.15, -0.1) is 0 Å². The first-order valence-corrected chi connectivity index (χ1v) is 5.44. The molecule has 4 nitrogen and oxygen atoms in total. The number of hydrogen-bond donors (Lipinski definition) is 1. The Morgan fingerprint density at radius 1 is 1.53 bits per heavy atom. The van der Waals surface area contributed by atoms with Gasteiger partial charge in [0.1, 0.15) is 5.82 Å². The molecule has 1 N–H and O–H groups in total. The van der Waals surface area contributed by atoms with Crippen LogP contribution in [-0.2, 0) is 13.6 Å². The lowest BCUT2D eigenvalue weighted by molar-refractivity contribution is 0.364. The summed E-state index contributed by atoms with van der Waals surface area (Å²) in [6.07, 6.45) is 4.97. The number of aromatic nitrogens is 2. The van der Waals surface area contributed by atoms with Gasteiger partial charge in [0.2, 0.25) is 0 Å². The van der Waals surface area contributed by atoms with Gasteiger partial charge < -0.3 is 14.8 Å². The summed E-state index contributed by atoms with van der Waals surface area (Å²) in [5, 5.41) is 3.47.